The van der Waals surface area contributed by atoms with E-state index in [2.05, 4.69) is 6.58 Å². The van der Waals surface area contributed by atoms with Crippen molar-refractivity contribution in [3.05, 3.63) is 12.7 Å². The van der Waals surface area contributed by atoms with Gasteiger partial charge in [0.05, 0.1) is 12.2 Å². The average Bonchev–Trinajstić information content (AvgIpc) is 2.39. The number of allylic oxidation sites excluding steroid dienone is 1. The molecule has 0 radical (unpaired) electrons. The van der Waals surface area contributed by atoms with Crippen molar-refractivity contribution in [3.63, 3.8) is 0 Å². The van der Waals surface area contributed by atoms with Crippen LogP contribution in [0.15, 0.2) is 12.7 Å². The Balaban J connectivity index is 5.54. The summed E-state index contributed by atoms with van der Waals surface area (Å²) in [7, 11) is -3.90. The van der Waals surface area contributed by atoms with E-state index in [0.29, 0.717) is 0 Å². The first-order valence-corrected chi connectivity index (χ1v) is 9.64. The van der Waals surface area contributed by atoms with E-state index in [4.69, 9.17) is 9.05 Å². The predicted octanol–water partition coefficient (Wildman–Crippen LogP) is 5.29. The van der Waals surface area contributed by atoms with Gasteiger partial charge in [0.25, 0.3) is 5.52 Å². The standard InChI is InChI=1S/C17H33O4P/c1-10-15(18)22(19,20-16(11(2)3)12(4)5)21-17(13(6)7)14(8)9/h10-14,16-17H,1H2,2-9H3. The normalized spacial score (nSPS) is 13.2. The van der Waals surface area contributed by atoms with Gasteiger partial charge in [-0.05, 0) is 29.7 Å². The molecule has 0 unspecified atom stereocenters. The summed E-state index contributed by atoms with van der Waals surface area (Å²) in [5.41, 5.74) is -0.662. The van der Waals surface area contributed by atoms with E-state index in [9.17, 15) is 9.36 Å². The summed E-state index contributed by atoms with van der Waals surface area (Å²) in [4.78, 5) is 12.2. The van der Waals surface area contributed by atoms with Crippen LogP contribution in [0.5, 0.6) is 0 Å². The van der Waals surface area contributed by atoms with E-state index in [1.807, 2.05) is 55.4 Å². The van der Waals surface area contributed by atoms with E-state index < -0.39 is 13.1 Å². The number of carbonyl (C=O) groups is 1. The fourth-order valence-corrected chi connectivity index (χ4v) is 4.68. The Hall–Kier alpha value is -0.440. The van der Waals surface area contributed by atoms with Crippen LogP contribution >= 0.6 is 7.60 Å². The van der Waals surface area contributed by atoms with Gasteiger partial charge in [-0.15, -0.1) is 0 Å². The number of hydrogen-bond donors (Lipinski definition) is 0. The first-order valence-electron chi connectivity index (χ1n) is 8.10. The van der Waals surface area contributed by atoms with E-state index in [-0.39, 0.29) is 35.9 Å². The highest BCUT2D eigenvalue weighted by atomic mass is 31.2. The van der Waals surface area contributed by atoms with Gasteiger partial charge >= 0.3 is 7.60 Å². The summed E-state index contributed by atoms with van der Waals surface area (Å²) in [6.45, 7) is 19.3. The third-order valence-corrected chi connectivity index (χ3v) is 5.36. The molecule has 22 heavy (non-hydrogen) atoms. The third-order valence-electron chi connectivity index (χ3n) is 3.59. The highest BCUT2D eigenvalue weighted by Crippen LogP contribution is 2.54. The van der Waals surface area contributed by atoms with Gasteiger partial charge in [-0.25, -0.2) is 0 Å². The van der Waals surface area contributed by atoms with Crippen molar-refractivity contribution in [1.82, 2.24) is 0 Å². The zero-order valence-corrected chi connectivity index (χ0v) is 16.2. The fraction of sp³-hybridized carbons (Fsp3) is 0.824. The molecule has 0 saturated heterocycles. The Labute approximate surface area is 136 Å². The van der Waals surface area contributed by atoms with E-state index in [0.717, 1.165) is 6.08 Å². The molecule has 0 aliphatic rings. The van der Waals surface area contributed by atoms with Gasteiger partial charge in [0.2, 0.25) is 0 Å². The maximum absolute atomic E-state index is 13.1. The fourth-order valence-electron chi connectivity index (χ4n) is 2.59. The first-order chi connectivity index (χ1) is 9.96. The van der Waals surface area contributed by atoms with Crippen LogP contribution in [0.25, 0.3) is 0 Å². The smallest absolute Gasteiger partial charge is 0.299 e. The maximum atomic E-state index is 13.1. The number of hydrogen-bond acceptors (Lipinski definition) is 4. The van der Waals surface area contributed by atoms with Gasteiger partial charge in [-0.3, -0.25) is 18.4 Å². The van der Waals surface area contributed by atoms with Gasteiger partial charge < -0.3 is 0 Å². The molecule has 0 aromatic rings. The average molecular weight is 332 g/mol. The lowest BCUT2D eigenvalue weighted by Gasteiger charge is -2.33. The van der Waals surface area contributed by atoms with Crippen LogP contribution in [0.4, 0.5) is 0 Å². The summed E-state index contributed by atoms with van der Waals surface area (Å²) in [5, 5.41) is 0. The lowest BCUT2D eigenvalue weighted by molar-refractivity contribution is -0.111. The van der Waals surface area contributed by atoms with Gasteiger partial charge in [-0.2, -0.15) is 0 Å². The molecule has 0 aliphatic heterocycles. The Morgan fingerprint density at radius 1 is 0.818 bits per heavy atom. The van der Waals surface area contributed by atoms with Crippen LogP contribution in [0.2, 0.25) is 0 Å². The molecular formula is C17H33O4P. The molecule has 5 heteroatoms. The van der Waals surface area contributed by atoms with Crippen LogP contribution < -0.4 is 0 Å². The van der Waals surface area contributed by atoms with Gasteiger partial charge in [0.1, 0.15) is 0 Å². The second-order valence-electron chi connectivity index (χ2n) is 7.16. The van der Waals surface area contributed by atoms with Crippen molar-refractivity contribution < 1.29 is 18.4 Å². The van der Waals surface area contributed by atoms with Gasteiger partial charge in [0, 0.05) is 0 Å². The molecule has 0 rings (SSSR count). The van der Waals surface area contributed by atoms with Crippen molar-refractivity contribution in [3.8, 4) is 0 Å². The first kappa shape index (κ1) is 21.6. The lowest BCUT2D eigenvalue weighted by Crippen LogP contribution is -2.30. The topological polar surface area (TPSA) is 52.6 Å². The molecule has 0 saturated carbocycles. The molecule has 0 aromatic carbocycles. The van der Waals surface area contributed by atoms with E-state index in [1.54, 1.807) is 0 Å². The molecule has 0 N–H and O–H groups in total. The quantitative estimate of drug-likeness (QED) is 0.403. The van der Waals surface area contributed by atoms with E-state index in [1.165, 1.54) is 0 Å². The molecule has 130 valence electrons. The monoisotopic (exact) mass is 332 g/mol. The molecule has 0 spiro atoms. The van der Waals surface area contributed by atoms with Crippen molar-refractivity contribution >= 4 is 13.1 Å². The second kappa shape index (κ2) is 9.00. The highest BCUT2D eigenvalue weighted by Gasteiger charge is 2.41. The van der Waals surface area contributed by atoms with Crippen LogP contribution in [-0.4, -0.2) is 17.7 Å². The molecule has 4 nitrogen and oxygen atoms in total. The molecule has 0 fully saturated rings. The van der Waals surface area contributed by atoms with Crippen LogP contribution in [0, 0.1) is 23.7 Å². The molecule has 0 aliphatic carbocycles. The molecule has 0 heterocycles. The van der Waals surface area contributed by atoms with Crippen molar-refractivity contribution in [2.24, 2.45) is 23.7 Å². The Bertz CT molecular complexity index is 371. The number of carbonyl (C=O) groups excluding carboxylic acids is 1. The Morgan fingerprint density at radius 3 is 1.27 bits per heavy atom. The van der Waals surface area contributed by atoms with Crippen molar-refractivity contribution in [2.75, 3.05) is 0 Å². The minimum atomic E-state index is -3.90. The largest absolute Gasteiger partial charge is 0.401 e. The zero-order chi connectivity index (χ0) is 17.7. The summed E-state index contributed by atoms with van der Waals surface area (Å²) in [6, 6.07) is 0. The molecule has 0 atom stereocenters. The zero-order valence-electron chi connectivity index (χ0n) is 15.3. The maximum Gasteiger partial charge on any atom is 0.401 e. The molecular weight excluding hydrogens is 299 g/mol. The van der Waals surface area contributed by atoms with Crippen molar-refractivity contribution in [2.45, 2.75) is 67.6 Å². The van der Waals surface area contributed by atoms with Crippen LogP contribution in [-0.2, 0) is 18.4 Å². The van der Waals surface area contributed by atoms with Gasteiger partial charge in [0.15, 0.2) is 0 Å². The summed E-state index contributed by atoms with van der Waals surface area (Å²) in [6.07, 6.45) is 0.417. The third kappa shape index (κ3) is 5.98. The summed E-state index contributed by atoms with van der Waals surface area (Å²) >= 11 is 0. The summed E-state index contributed by atoms with van der Waals surface area (Å²) in [5.74, 6) is 0.523. The molecule has 0 bridgehead atoms. The van der Waals surface area contributed by atoms with Crippen LogP contribution in [0.1, 0.15) is 55.4 Å². The Morgan fingerprint density at radius 2 is 1.09 bits per heavy atom. The van der Waals surface area contributed by atoms with E-state index >= 15 is 0 Å². The molecule has 0 aromatic heterocycles. The van der Waals surface area contributed by atoms with Gasteiger partial charge in [-0.1, -0.05) is 62.0 Å². The predicted molar refractivity (Wildman–Crippen MR) is 91.9 cm³/mol. The minimum Gasteiger partial charge on any atom is -0.299 e. The SMILES string of the molecule is C=CC(=O)P(=O)(OC(C(C)C)C(C)C)OC(C(C)C)C(C)C. The lowest BCUT2D eigenvalue weighted by atomic mass is 9.97. The molecule has 0 amide bonds. The number of rotatable bonds is 10. The minimum absolute atomic E-state index is 0.131. The summed E-state index contributed by atoms with van der Waals surface area (Å²) < 4.78 is 24.6. The van der Waals surface area contributed by atoms with Crippen molar-refractivity contribution in [1.29, 1.82) is 0 Å². The highest BCUT2D eigenvalue weighted by molar-refractivity contribution is 7.72. The Kier molecular flexibility index (Phi) is 8.82. The van der Waals surface area contributed by atoms with Crippen LogP contribution in [0.3, 0.4) is 0 Å². The second-order valence-corrected chi connectivity index (χ2v) is 9.01.